The summed E-state index contributed by atoms with van der Waals surface area (Å²) in [6, 6.07) is 9.75. The molecule has 2 aromatic carbocycles. The summed E-state index contributed by atoms with van der Waals surface area (Å²) >= 11 is 1.41. The first-order chi connectivity index (χ1) is 14.7. The van der Waals surface area contributed by atoms with E-state index in [1.807, 2.05) is 17.5 Å². The highest BCUT2D eigenvalue weighted by molar-refractivity contribution is 7.17. The summed E-state index contributed by atoms with van der Waals surface area (Å²) in [6.07, 6.45) is -2.58. The van der Waals surface area contributed by atoms with Gasteiger partial charge in [0.25, 0.3) is 0 Å². The van der Waals surface area contributed by atoms with Gasteiger partial charge in [0.2, 0.25) is 0 Å². The zero-order valence-electron chi connectivity index (χ0n) is 16.1. The molecule has 160 valence electrons. The molecule has 0 unspecified atom stereocenters. The molecule has 5 nitrogen and oxygen atoms in total. The number of anilines is 1. The van der Waals surface area contributed by atoms with Crippen LogP contribution in [-0.4, -0.2) is 15.4 Å². The van der Waals surface area contributed by atoms with Crippen molar-refractivity contribution in [3.63, 3.8) is 0 Å². The van der Waals surface area contributed by atoms with Gasteiger partial charge in [0, 0.05) is 28.0 Å². The largest absolute Gasteiger partial charge is 0.416 e. The van der Waals surface area contributed by atoms with Crippen LogP contribution in [0.5, 0.6) is 0 Å². The summed E-state index contributed by atoms with van der Waals surface area (Å²) in [5, 5.41) is 5.20. The lowest BCUT2D eigenvalue weighted by molar-refractivity contribution is -0.137. The lowest BCUT2D eigenvalue weighted by Gasteiger charge is -2.09. The van der Waals surface area contributed by atoms with Gasteiger partial charge in [-0.15, -0.1) is 0 Å². The molecule has 2 N–H and O–H groups in total. The number of thiazole rings is 1. The van der Waals surface area contributed by atoms with Gasteiger partial charge >= 0.3 is 12.2 Å². The molecule has 4 aromatic rings. The van der Waals surface area contributed by atoms with E-state index in [1.54, 1.807) is 12.1 Å². The van der Waals surface area contributed by atoms with Crippen LogP contribution in [0.3, 0.4) is 0 Å². The van der Waals surface area contributed by atoms with Crippen molar-refractivity contribution in [1.29, 1.82) is 0 Å². The Hall–Kier alpha value is -3.40. The Balaban J connectivity index is 1.40. The topological polar surface area (TPSA) is 58.4 Å². The molecule has 0 aliphatic rings. The predicted octanol–water partition coefficient (Wildman–Crippen LogP) is 5.85. The first-order valence-electron chi connectivity index (χ1n) is 9.16. The summed E-state index contributed by atoms with van der Waals surface area (Å²) in [5.41, 5.74) is 1.89. The number of fused-ring (bicyclic) bond motifs is 1. The Kier molecular flexibility index (Phi) is 5.40. The molecular formula is C21H16F4N4OS. The molecule has 0 bridgehead atoms. The monoisotopic (exact) mass is 448 g/mol. The van der Waals surface area contributed by atoms with Crippen molar-refractivity contribution in [1.82, 2.24) is 14.7 Å². The van der Waals surface area contributed by atoms with Crippen LogP contribution in [0.25, 0.3) is 16.2 Å². The van der Waals surface area contributed by atoms with E-state index >= 15 is 0 Å². The number of urea groups is 1. The first kappa shape index (κ1) is 20.9. The minimum Gasteiger partial charge on any atom is -0.333 e. The van der Waals surface area contributed by atoms with Crippen LogP contribution in [0.15, 0.2) is 54.7 Å². The molecule has 0 aliphatic carbocycles. The zero-order valence-corrected chi connectivity index (χ0v) is 16.9. The van der Waals surface area contributed by atoms with E-state index < -0.39 is 17.8 Å². The molecule has 0 radical (unpaired) electrons. The second-order valence-electron chi connectivity index (χ2n) is 6.78. The number of hydrogen-bond donors (Lipinski definition) is 2. The van der Waals surface area contributed by atoms with E-state index in [4.69, 9.17) is 0 Å². The fraction of sp³-hybridized carbons (Fsp3) is 0.143. The van der Waals surface area contributed by atoms with Crippen LogP contribution in [0.2, 0.25) is 0 Å². The normalized spacial score (nSPS) is 11.6. The van der Waals surface area contributed by atoms with Crippen LogP contribution < -0.4 is 10.6 Å². The smallest absolute Gasteiger partial charge is 0.333 e. The maximum Gasteiger partial charge on any atom is 0.416 e. The van der Waals surface area contributed by atoms with Gasteiger partial charge in [-0.1, -0.05) is 11.3 Å². The van der Waals surface area contributed by atoms with Crippen molar-refractivity contribution < 1.29 is 22.4 Å². The highest BCUT2D eigenvalue weighted by Gasteiger charge is 2.30. The van der Waals surface area contributed by atoms with Crippen molar-refractivity contribution >= 4 is 28.0 Å². The van der Waals surface area contributed by atoms with Gasteiger partial charge in [-0.3, -0.25) is 4.40 Å². The molecule has 0 spiro atoms. The highest BCUT2D eigenvalue weighted by Crippen LogP contribution is 2.30. The molecule has 2 heterocycles. The molecule has 2 aromatic heterocycles. The number of amides is 2. The summed E-state index contributed by atoms with van der Waals surface area (Å²) < 4.78 is 52.8. The van der Waals surface area contributed by atoms with Gasteiger partial charge in [0.15, 0.2) is 4.96 Å². The molecule has 4 rings (SSSR count). The summed E-state index contributed by atoms with van der Waals surface area (Å²) in [4.78, 5) is 18.3. The number of nitrogens with zero attached hydrogens (tertiary/aromatic N) is 2. The van der Waals surface area contributed by atoms with Crippen molar-refractivity contribution in [3.8, 4) is 11.3 Å². The zero-order chi connectivity index (χ0) is 22.2. The number of aromatic nitrogens is 2. The molecule has 0 aliphatic heterocycles. The van der Waals surface area contributed by atoms with Gasteiger partial charge in [-0.2, -0.15) is 13.2 Å². The summed E-state index contributed by atoms with van der Waals surface area (Å²) in [6.45, 7) is 2.13. The van der Waals surface area contributed by atoms with Crippen molar-refractivity contribution in [3.05, 3.63) is 76.7 Å². The van der Waals surface area contributed by atoms with Crippen molar-refractivity contribution in [2.75, 3.05) is 5.32 Å². The average Bonchev–Trinajstić information content (AvgIpc) is 3.26. The van der Waals surface area contributed by atoms with Gasteiger partial charge in [0.1, 0.15) is 5.82 Å². The quantitative estimate of drug-likeness (QED) is 0.385. The van der Waals surface area contributed by atoms with Crippen LogP contribution in [0, 0.1) is 12.7 Å². The number of nitrogens with one attached hydrogen (secondary N) is 2. The molecular weight excluding hydrogens is 432 g/mol. The number of alkyl halides is 3. The minimum absolute atomic E-state index is 0.234. The summed E-state index contributed by atoms with van der Waals surface area (Å²) in [5.74, 6) is -0.316. The van der Waals surface area contributed by atoms with Crippen LogP contribution in [-0.2, 0) is 12.7 Å². The van der Waals surface area contributed by atoms with Gasteiger partial charge in [-0.05, 0) is 55.5 Å². The number of aryl methyl sites for hydroxylation is 1. The maximum absolute atomic E-state index is 13.1. The van der Waals surface area contributed by atoms with E-state index in [1.165, 1.54) is 35.6 Å². The van der Waals surface area contributed by atoms with Crippen molar-refractivity contribution in [2.45, 2.75) is 19.6 Å². The molecule has 31 heavy (non-hydrogen) atoms. The predicted molar refractivity (Wildman–Crippen MR) is 111 cm³/mol. The Morgan fingerprint density at radius 1 is 1.10 bits per heavy atom. The highest BCUT2D eigenvalue weighted by atomic mass is 32.1. The minimum atomic E-state index is -4.42. The number of benzene rings is 2. The van der Waals surface area contributed by atoms with Crippen LogP contribution in [0.4, 0.5) is 28.0 Å². The van der Waals surface area contributed by atoms with Gasteiger partial charge in [-0.25, -0.2) is 14.2 Å². The number of carbonyl (C=O) groups is 1. The van der Waals surface area contributed by atoms with E-state index in [9.17, 15) is 22.4 Å². The summed E-state index contributed by atoms with van der Waals surface area (Å²) in [7, 11) is 0. The lowest BCUT2D eigenvalue weighted by Crippen LogP contribution is -2.28. The molecule has 10 heteroatoms. The Morgan fingerprint density at radius 3 is 2.39 bits per heavy atom. The SMILES string of the molecule is Cc1c(CNC(=O)Nc2ccc(C(F)(F)F)cc2)sc2nc(-c3ccc(F)cc3)cn12. The molecule has 0 saturated heterocycles. The second-order valence-corrected chi connectivity index (χ2v) is 7.84. The molecule has 2 amide bonds. The average molecular weight is 448 g/mol. The second kappa shape index (κ2) is 8.03. The van der Waals surface area contributed by atoms with Gasteiger partial charge < -0.3 is 10.6 Å². The van der Waals surface area contributed by atoms with Gasteiger partial charge in [0.05, 0.1) is 17.8 Å². The Morgan fingerprint density at radius 2 is 1.77 bits per heavy atom. The fourth-order valence-electron chi connectivity index (χ4n) is 3.00. The third-order valence-electron chi connectivity index (χ3n) is 4.67. The standard InChI is InChI=1S/C21H16F4N4OS/c1-12-18(10-26-19(30)27-16-8-4-14(5-9-16)21(23,24)25)31-20-28-17(11-29(12)20)13-2-6-15(22)7-3-13/h2-9,11H,10H2,1H3,(H2,26,27,30). The van der Waals surface area contributed by atoms with E-state index in [0.29, 0.717) is 5.69 Å². The third-order valence-corrected chi connectivity index (χ3v) is 5.83. The van der Waals surface area contributed by atoms with E-state index in [-0.39, 0.29) is 18.0 Å². The van der Waals surface area contributed by atoms with E-state index in [0.717, 1.165) is 33.2 Å². The fourth-order valence-corrected chi connectivity index (χ4v) is 4.04. The number of imidazole rings is 1. The number of halogens is 4. The number of rotatable bonds is 4. The lowest BCUT2D eigenvalue weighted by atomic mass is 10.2. The van der Waals surface area contributed by atoms with Crippen LogP contribution >= 0.6 is 11.3 Å². The maximum atomic E-state index is 13.1. The number of carbonyl (C=O) groups excluding carboxylic acids is 1. The third kappa shape index (κ3) is 4.53. The molecule has 0 saturated carbocycles. The first-order valence-corrected chi connectivity index (χ1v) is 9.98. The molecule has 0 fully saturated rings. The Labute approximate surface area is 178 Å². The Bertz CT molecular complexity index is 1230. The van der Waals surface area contributed by atoms with Crippen LogP contribution in [0.1, 0.15) is 16.1 Å². The number of hydrogen-bond acceptors (Lipinski definition) is 3. The van der Waals surface area contributed by atoms with E-state index in [2.05, 4.69) is 15.6 Å². The van der Waals surface area contributed by atoms with Crippen molar-refractivity contribution in [2.24, 2.45) is 0 Å². The molecule has 0 atom stereocenters.